The molecule has 0 radical (unpaired) electrons. The minimum Gasteiger partial charge on any atom is -0.399 e. The van der Waals surface area contributed by atoms with Crippen LogP contribution in [-0.4, -0.2) is 28.5 Å². The Kier molecular flexibility index (Phi) is 2.11. The van der Waals surface area contributed by atoms with E-state index in [9.17, 15) is 0 Å². The molecular weight excluding hydrogens is 200 g/mol. The van der Waals surface area contributed by atoms with Gasteiger partial charge in [-0.15, -0.1) is 0 Å². The van der Waals surface area contributed by atoms with Gasteiger partial charge in [0.1, 0.15) is 5.82 Å². The highest BCUT2D eigenvalue weighted by atomic mass is 15.2. The van der Waals surface area contributed by atoms with Crippen LogP contribution < -0.4 is 5.73 Å². The molecule has 0 bridgehead atoms. The van der Waals surface area contributed by atoms with Gasteiger partial charge in [-0.05, 0) is 44.6 Å². The van der Waals surface area contributed by atoms with Gasteiger partial charge in [-0.2, -0.15) is 0 Å². The quantitative estimate of drug-likeness (QED) is 0.716. The summed E-state index contributed by atoms with van der Waals surface area (Å²) >= 11 is 0. The molecule has 1 aromatic carbocycles. The van der Waals surface area contributed by atoms with Crippen molar-refractivity contribution in [2.45, 2.75) is 18.9 Å². The normalized spacial score (nSPS) is 21.9. The Morgan fingerprint density at radius 2 is 2.38 bits per heavy atom. The van der Waals surface area contributed by atoms with Crippen LogP contribution in [0.2, 0.25) is 0 Å². The van der Waals surface area contributed by atoms with E-state index in [0.29, 0.717) is 6.04 Å². The number of nitrogen functional groups attached to an aromatic ring is 1. The number of hydrogen-bond acceptors (Lipinski definition) is 3. The molecule has 1 aliphatic rings. The van der Waals surface area contributed by atoms with E-state index in [2.05, 4.69) is 21.9 Å². The number of aromatic amines is 1. The Bertz CT molecular complexity index is 517. The molecule has 0 aliphatic carbocycles. The molecular formula is C12H16N4. The van der Waals surface area contributed by atoms with Crippen LogP contribution in [-0.2, 0) is 0 Å². The number of likely N-dealkylation sites (tertiary alicyclic amines) is 1. The predicted molar refractivity (Wildman–Crippen MR) is 65.1 cm³/mol. The first-order chi connectivity index (χ1) is 7.74. The van der Waals surface area contributed by atoms with Crippen LogP contribution in [0.15, 0.2) is 18.2 Å². The largest absolute Gasteiger partial charge is 0.399 e. The summed E-state index contributed by atoms with van der Waals surface area (Å²) in [5.41, 5.74) is 8.58. The highest BCUT2D eigenvalue weighted by Crippen LogP contribution is 2.29. The number of nitrogens with two attached hydrogens (primary N) is 1. The van der Waals surface area contributed by atoms with E-state index >= 15 is 0 Å². The lowest BCUT2D eigenvalue weighted by Crippen LogP contribution is -2.18. The summed E-state index contributed by atoms with van der Waals surface area (Å²) in [4.78, 5) is 10.4. The lowest BCUT2D eigenvalue weighted by molar-refractivity contribution is 0.307. The number of hydrogen-bond donors (Lipinski definition) is 2. The van der Waals surface area contributed by atoms with Crippen molar-refractivity contribution in [3.05, 3.63) is 24.0 Å². The molecule has 2 aromatic rings. The number of benzene rings is 1. The molecule has 1 aliphatic heterocycles. The van der Waals surface area contributed by atoms with Crippen molar-refractivity contribution < 1.29 is 0 Å². The van der Waals surface area contributed by atoms with Gasteiger partial charge in [0.15, 0.2) is 0 Å². The van der Waals surface area contributed by atoms with E-state index in [-0.39, 0.29) is 0 Å². The van der Waals surface area contributed by atoms with Gasteiger partial charge in [0.05, 0.1) is 17.1 Å². The molecule has 1 atom stereocenters. The average molecular weight is 216 g/mol. The van der Waals surface area contributed by atoms with Crippen LogP contribution in [0.25, 0.3) is 11.0 Å². The van der Waals surface area contributed by atoms with Crippen LogP contribution >= 0.6 is 0 Å². The minimum atomic E-state index is 0.439. The van der Waals surface area contributed by atoms with E-state index in [4.69, 9.17) is 5.73 Å². The molecule has 0 spiro atoms. The predicted octanol–water partition coefficient (Wildman–Crippen LogP) is 1.91. The van der Waals surface area contributed by atoms with Crippen molar-refractivity contribution in [3.63, 3.8) is 0 Å². The molecule has 16 heavy (non-hydrogen) atoms. The van der Waals surface area contributed by atoms with Crippen molar-refractivity contribution in [2.24, 2.45) is 0 Å². The van der Waals surface area contributed by atoms with Gasteiger partial charge in [0.25, 0.3) is 0 Å². The lowest BCUT2D eigenvalue weighted by atomic mass is 10.2. The second-order valence-electron chi connectivity index (χ2n) is 4.54. The Labute approximate surface area is 94.5 Å². The first kappa shape index (κ1) is 9.66. The van der Waals surface area contributed by atoms with Gasteiger partial charge in [-0.25, -0.2) is 4.98 Å². The van der Waals surface area contributed by atoms with Gasteiger partial charge in [-0.1, -0.05) is 0 Å². The number of H-pyrrole nitrogens is 1. The number of nitrogens with one attached hydrogen (secondary N) is 1. The zero-order valence-electron chi connectivity index (χ0n) is 9.40. The van der Waals surface area contributed by atoms with Crippen LogP contribution in [0.4, 0.5) is 5.69 Å². The fourth-order valence-electron chi connectivity index (χ4n) is 2.46. The first-order valence-corrected chi connectivity index (χ1v) is 5.69. The van der Waals surface area contributed by atoms with Gasteiger partial charge in [0.2, 0.25) is 0 Å². The van der Waals surface area contributed by atoms with Gasteiger partial charge in [-0.3, -0.25) is 4.90 Å². The van der Waals surface area contributed by atoms with Crippen molar-refractivity contribution in [2.75, 3.05) is 19.3 Å². The summed E-state index contributed by atoms with van der Waals surface area (Å²) in [6, 6.07) is 6.25. The zero-order chi connectivity index (χ0) is 11.1. The SMILES string of the molecule is CN1CCC[C@@H]1c1nc2ccc(N)cc2[nH]1. The average Bonchev–Trinajstić information content (AvgIpc) is 2.82. The van der Waals surface area contributed by atoms with Crippen LogP contribution in [0.5, 0.6) is 0 Å². The Morgan fingerprint density at radius 3 is 3.12 bits per heavy atom. The number of aromatic nitrogens is 2. The van der Waals surface area contributed by atoms with Gasteiger partial charge >= 0.3 is 0 Å². The van der Waals surface area contributed by atoms with Crippen LogP contribution in [0, 0.1) is 0 Å². The molecule has 0 saturated carbocycles. The molecule has 4 nitrogen and oxygen atoms in total. The smallest absolute Gasteiger partial charge is 0.124 e. The topological polar surface area (TPSA) is 57.9 Å². The lowest BCUT2D eigenvalue weighted by Gasteiger charge is -2.16. The molecule has 3 N–H and O–H groups in total. The molecule has 84 valence electrons. The van der Waals surface area contributed by atoms with E-state index in [0.717, 1.165) is 29.1 Å². The standard InChI is InChI=1S/C12H16N4/c1-16-6-2-3-11(16)12-14-9-5-4-8(13)7-10(9)15-12/h4-5,7,11H,2-3,6,13H2,1H3,(H,14,15)/t11-/m1/s1. The summed E-state index contributed by atoms with van der Waals surface area (Å²) in [5, 5.41) is 0. The van der Waals surface area contributed by atoms with Crippen molar-refractivity contribution >= 4 is 16.7 Å². The van der Waals surface area contributed by atoms with E-state index in [1.807, 2.05) is 18.2 Å². The molecule has 1 saturated heterocycles. The number of nitrogens with zero attached hydrogens (tertiary/aromatic N) is 2. The van der Waals surface area contributed by atoms with Crippen LogP contribution in [0.1, 0.15) is 24.7 Å². The third-order valence-electron chi connectivity index (χ3n) is 3.36. The number of imidazole rings is 1. The van der Waals surface area contributed by atoms with Crippen molar-refractivity contribution in [1.82, 2.24) is 14.9 Å². The molecule has 2 heterocycles. The van der Waals surface area contributed by atoms with Crippen molar-refractivity contribution in [1.29, 1.82) is 0 Å². The summed E-state index contributed by atoms with van der Waals surface area (Å²) in [6.07, 6.45) is 2.44. The van der Waals surface area contributed by atoms with Crippen LogP contribution in [0.3, 0.4) is 0 Å². The summed E-state index contributed by atoms with van der Waals surface area (Å²) < 4.78 is 0. The summed E-state index contributed by atoms with van der Waals surface area (Å²) in [7, 11) is 2.15. The summed E-state index contributed by atoms with van der Waals surface area (Å²) in [6.45, 7) is 1.16. The molecule has 1 aromatic heterocycles. The fraction of sp³-hybridized carbons (Fsp3) is 0.417. The van der Waals surface area contributed by atoms with E-state index < -0.39 is 0 Å². The number of anilines is 1. The minimum absolute atomic E-state index is 0.439. The second-order valence-corrected chi connectivity index (χ2v) is 4.54. The van der Waals surface area contributed by atoms with E-state index in [1.54, 1.807) is 0 Å². The number of rotatable bonds is 1. The second kappa shape index (κ2) is 3.49. The highest BCUT2D eigenvalue weighted by molar-refractivity contribution is 5.78. The molecule has 3 rings (SSSR count). The maximum Gasteiger partial charge on any atom is 0.124 e. The summed E-state index contributed by atoms with van der Waals surface area (Å²) in [5.74, 6) is 1.07. The molecule has 0 amide bonds. The third kappa shape index (κ3) is 1.46. The third-order valence-corrected chi connectivity index (χ3v) is 3.36. The Balaban J connectivity index is 2.04. The Morgan fingerprint density at radius 1 is 1.50 bits per heavy atom. The zero-order valence-corrected chi connectivity index (χ0v) is 9.40. The van der Waals surface area contributed by atoms with Crippen molar-refractivity contribution in [3.8, 4) is 0 Å². The first-order valence-electron chi connectivity index (χ1n) is 5.69. The Hall–Kier alpha value is -1.55. The molecule has 4 heteroatoms. The maximum absolute atomic E-state index is 5.76. The van der Waals surface area contributed by atoms with E-state index in [1.165, 1.54) is 12.8 Å². The highest BCUT2D eigenvalue weighted by Gasteiger charge is 2.25. The monoisotopic (exact) mass is 216 g/mol. The fourth-order valence-corrected chi connectivity index (χ4v) is 2.46. The molecule has 0 unspecified atom stereocenters. The maximum atomic E-state index is 5.76. The van der Waals surface area contributed by atoms with Gasteiger partial charge < -0.3 is 10.7 Å². The molecule has 1 fully saturated rings. The number of fused-ring (bicyclic) bond motifs is 1. The van der Waals surface area contributed by atoms with Gasteiger partial charge in [0, 0.05) is 5.69 Å².